The van der Waals surface area contributed by atoms with Crippen LogP contribution in [0.15, 0.2) is 36.4 Å². The molecule has 1 atom stereocenters. The van der Waals surface area contributed by atoms with E-state index in [1.165, 1.54) is 32.1 Å². The van der Waals surface area contributed by atoms with Crippen molar-refractivity contribution in [1.82, 2.24) is 0 Å². The first-order chi connectivity index (χ1) is 8.83. The third kappa shape index (κ3) is 7.29. The minimum Gasteiger partial charge on any atom is -0.389 e. The van der Waals surface area contributed by atoms with E-state index >= 15 is 0 Å². The molecule has 0 saturated heterocycles. The van der Waals surface area contributed by atoms with E-state index < -0.39 is 0 Å². The van der Waals surface area contributed by atoms with Crippen LogP contribution in [0.5, 0.6) is 0 Å². The lowest BCUT2D eigenvalue weighted by Crippen LogP contribution is -2.01. The first-order valence-electron chi connectivity index (χ1n) is 7.24. The molecule has 0 spiro atoms. The molecular formula is C17H26O. The summed E-state index contributed by atoms with van der Waals surface area (Å²) < 4.78 is 0. The predicted molar refractivity (Wildman–Crippen MR) is 79.5 cm³/mol. The second-order valence-electron chi connectivity index (χ2n) is 4.89. The molecule has 0 aliphatic heterocycles. The van der Waals surface area contributed by atoms with E-state index in [0.717, 1.165) is 18.4 Å². The fourth-order valence-electron chi connectivity index (χ4n) is 2.02. The summed E-state index contributed by atoms with van der Waals surface area (Å²) in [6, 6.07) is 10.1. The smallest absolute Gasteiger partial charge is 0.0724 e. The Kier molecular flexibility index (Phi) is 8.24. The van der Waals surface area contributed by atoms with Gasteiger partial charge < -0.3 is 5.11 Å². The van der Waals surface area contributed by atoms with E-state index in [-0.39, 0.29) is 6.10 Å². The summed E-state index contributed by atoms with van der Waals surface area (Å²) >= 11 is 0. The van der Waals surface area contributed by atoms with Gasteiger partial charge in [-0.05, 0) is 12.0 Å². The normalized spacial score (nSPS) is 13.0. The van der Waals surface area contributed by atoms with Crippen LogP contribution in [0.3, 0.4) is 0 Å². The van der Waals surface area contributed by atoms with Crippen LogP contribution in [0.4, 0.5) is 0 Å². The Morgan fingerprint density at radius 3 is 2.39 bits per heavy atom. The molecule has 0 saturated carbocycles. The van der Waals surface area contributed by atoms with Gasteiger partial charge >= 0.3 is 0 Å². The molecule has 18 heavy (non-hydrogen) atoms. The lowest BCUT2D eigenvalue weighted by atomic mass is 10.1. The Hall–Kier alpha value is -1.08. The number of hydrogen-bond donors (Lipinski definition) is 1. The average Bonchev–Trinajstić information content (AvgIpc) is 2.41. The van der Waals surface area contributed by atoms with Gasteiger partial charge in [0.1, 0.15) is 0 Å². The maximum Gasteiger partial charge on any atom is 0.0724 e. The van der Waals surface area contributed by atoms with Crippen molar-refractivity contribution in [2.24, 2.45) is 0 Å². The fraction of sp³-hybridized carbons (Fsp3) is 0.529. The Morgan fingerprint density at radius 1 is 1.00 bits per heavy atom. The molecule has 0 bridgehead atoms. The van der Waals surface area contributed by atoms with Crippen molar-refractivity contribution in [3.63, 3.8) is 0 Å². The summed E-state index contributed by atoms with van der Waals surface area (Å²) in [4.78, 5) is 0. The topological polar surface area (TPSA) is 20.2 Å². The number of benzene rings is 1. The second kappa shape index (κ2) is 9.90. The van der Waals surface area contributed by atoms with Gasteiger partial charge in [0.2, 0.25) is 0 Å². The first kappa shape index (κ1) is 15.0. The molecule has 1 heteroatoms. The molecule has 0 radical (unpaired) electrons. The van der Waals surface area contributed by atoms with Crippen LogP contribution in [0.1, 0.15) is 57.4 Å². The SMILES string of the molecule is CCCCCCCCC(O)/C=C\c1ccccc1. The number of rotatable bonds is 9. The third-order valence-corrected chi connectivity index (χ3v) is 3.16. The van der Waals surface area contributed by atoms with Crippen molar-refractivity contribution in [2.45, 2.75) is 58.0 Å². The van der Waals surface area contributed by atoms with Gasteiger partial charge in [-0.1, -0.05) is 87.9 Å². The van der Waals surface area contributed by atoms with Gasteiger partial charge in [0.15, 0.2) is 0 Å². The quantitative estimate of drug-likeness (QED) is 0.620. The van der Waals surface area contributed by atoms with E-state index in [9.17, 15) is 5.11 Å². The zero-order valence-corrected chi connectivity index (χ0v) is 11.5. The molecule has 0 fully saturated rings. The third-order valence-electron chi connectivity index (χ3n) is 3.16. The summed E-state index contributed by atoms with van der Waals surface area (Å²) in [5.41, 5.74) is 1.15. The van der Waals surface area contributed by atoms with Crippen LogP contribution in [-0.2, 0) is 0 Å². The van der Waals surface area contributed by atoms with Crippen molar-refractivity contribution in [3.8, 4) is 0 Å². The van der Waals surface area contributed by atoms with E-state index in [4.69, 9.17) is 0 Å². The summed E-state index contributed by atoms with van der Waals surface area (Å²) in [6.07, 6.45) is 12.2. The zero-order chi connectivity index (χ0) is 13.1. The van der Waals surface area contributed by atoms with Crippen molar-refractivity contribution in [2.75, 3.05) is 0 Å². The van der Waals surface area contributed by atoms with Gasteiger partial charge in [-0.15, -0.1) is 0 Å². The van der Waals surface area contributed by atoms with E-state index in [0.29, 0.717) is 0 Å². The highest BCUT2D eigenvalue weighted by atomic mass is 16.3. The highest BCUT2D eigenvalue weighted by molar-refractivity contribution is 5.49. The van der Waals surface area contributed by atoms with Gasteiger partial charge in [-0.25, -0.2) is 0 Å². The lowest BCUT2D eigenvalue weighted by molar-refractivity contribution is 0.209. The van der Waals surface area contributed by atoms with Gasteiger partial charge in [0.25, 0.3) is 0 Å². The van der Waals surface area contributed by atoms with Crippen LogP contribution in [-0.4, -0.2) is 11.2 Å². The molecular weight excluding hydrogens is 220 g/mol. The van der Waals surface area contributed by atoms with Gasteiger partial charge in [0.05, 0.1) is 6.10 Å². The van der Waals surface area contributed by atoms with Crippen LogP contribution < -0.4 is 0 Å². The number of hydrogen-bond acceptors (Lipinski definition) is 1. The molecule has 0 aliphatic carbocycles. The van der Waals surface area contributed by atoms with E-state index in [2.05, 4.69) is 6.92 Å². The summed E-state index contributed by atoms with van der Waals surface area (Å²) in [7, 11) is 0. The van der Waals surface area contributed by atoms with Gasteiger partial charge in [-0.2, -0.15) is 0 Å². The Balaban J connectivity index is 2.10. The Labute approximate surface area is 112 Å². The molecule has 1 rings (SSSR count). The minimum atomic E-state index is -0.295. The van der Waals surface area contributed by atoms with Crippen LogP contribution in [0.25, 0.3) is 6.08 Å². The fourth-order valence-corrected chi connectivity index (χ4v) is 2.02. The Morgan fingerprint density at radius 2 is 1.67 bits per heavy atom. The van der Waals surface area contributed by atoms with Crippen LogP contribution in [0, 0.1) is 0 Å². The standard InChI is InChI=1S/C17H26O/c1-2-3-4-5-6-10-13-17(18)15-14-16-11-8-7-9-12-16/h7-9,11-12,14-15,17-18H,2-6,10,13H2,1H3/b15-14-. The largest absolute Gasteiger partial charge is 0.389 e. The molecule has 1 N–H and O–H groups in total. The monoisotopic (exact) mass is 246 g/mol. The zero-order valence-electron chi connectivity index (χ0n) is 11.5. The van der Waals surface area contributed by atoms with Crippen molar-refractivity contribution in [3.05, 3.63) is 42.0 Å². The lowest BCUT2D eigenvalue weighted by Gasteiger charge is -2.05. The molecule has 0 aliphatic rings. The molecule has 1 nitrogen and oxygen atoms in total. The molecule has 1 aromatic carbocycles. The molecule has 100 valence electrons. The molecule has 0 aromatic heterocycles. The maximum atomic E-state index is 9.83. The minimum absolute atomic E-state index is 0.295. The second-order valence-corrected chi connectivity index (χ2v) is 4.89. The van der Waals surface area contributed by atoms with Gasteiger partial charge in [0, 0.05) is 0 Å². The number of aliphatic hydroxyl groups excluding tert-OH is 1. The molecule has 0 amide bonds. The number of aliphatic hydroxyl groups is 1. The Bertz CT molecular complexity index is 316. The first-order valence-corrected chi connectivity index (χ1v) is 7.24. The van der Waals surface area contributed by atoms with E-state index in [1.807, 2.05) is 42.5 Å². The highest BCUT2D eigenvalue weighted by Gasteiger charge is 1.98. The summed E-state index contributed by atoms with van der Waals surface area (Å²) in [5.74, 6) is 0. The van der Waals surface area contributed by atoms with Crippen molar-refractivity contribution < 1.29 is 5.11 Å². The summed E-state index contributed by atoms with van der Waals surface area (Å²) in [5, 5.41) is 9.83. The number of unbranched alkanes of at least 4 members (excludes halogenated alkanes) is 5. The van der Waals surface area contributed by atoms with Crippen LogP contribution >= 0.6 is 0 Å². The molecule has 0 heterocycles. The van der Waals surface area contributed by atoms with Crippen LogP contribution in [0.2, 0.25) is 0 Å². The summed E-state index contributed by atoms with van der Waals surface area (Å²) in [6.45, 7) is 2.23. The molecule has 1 unspecified atom stereocenters. The predicted octanol–water partition coefficient (Wildman–Crippen LogP) is 4.81. The molecule has 1 aromatic rings. The van der Waals surface area contributed by atoms with Gasteiger partial charge in [-0.3, -0.25) is 0 Å². The highest BCUT2D eigenvalue weighted by Crippen LogP contribution is 2.10. The maximum absolute atomic E-state index is 9.83. The van der Waals surface area contributed by atoms with Crippen molar-refractivity contribution >= 4 is 6.08 Å². The average molecular weight is 246 g/mol. The van der Waals surface area contributed by atoms with E-state index in [1.54, 1.807) is 0 Å². The van der Waals surface area contributed by atoms with Crippen molar-refractivity contribution in [1.29, 1.82) is 0 Å².